The summed E-state index contributed by atoms with van der Waals surface area (Å²) in [6.45, 7) is 6.16. The van der Waals surface area contributed by atoms with Gasteiger partial charge in [-0.15, -0.1) is 0 Å². The van der Waals surface area contributed by atoms with Gasteiger partial charge in [0.1, 0.15) is 9.84 Å². The van der Waals surface area contributed by atoms with Crippen LogP contribution in [0.25, 0.3) is 0 Å². The number of urea groups is 1. The Balaban J connectivity index is 2.42. The Bertz CT molecular complexity index is 597. The zero-order valence-corrected chi connectivity index (χ0v) is 13.9. The number of rotatable bonds is 6. The SMILES string of the molecule is Cc1ccc(CC(C)NC(=O)NCCS(C)(=O)=O)c(C)c1. The average molecular weight is 312 g/mol. The maximum absolute atomic E-state index is 11.7. The van der Waals surface area contributed by atoms with Gasteiger partial charge in [-0.25, -0.2) is 13.2 Å². The summed E-state index contributed by atoms with van der Waals surface area (Å²) in [6.07, 6.45) is 1.89. The predicted octanol–water partition coefficient (Wildman–Crippen LogP) is 1.58. The van der Waals surface area contributed by atoms with Crippen LogP contribution in [-0.4, -0.2) is 39.0 Å². The number of aryl methyl sites for hydroxylation is 2. The molecule has 0 aliphatic carbocycles. The van der Waals surface area contributed by atoms with Gasteiger partial charge in [0, 0.05) is 18.8 Å². The summed E-state index contributed by atoms with van der Waals surface area (Å²) in [5.41, 5.74) is 3.63. The molecule has 0 heterocycles. The van der Waals surface area contributed by atoms with E-state index in [2.05, 4.69) is 35.8 Å². The van der Waals surface area contributed by atoms with Crippen molar-refractivity contribution in [1.29, 1.82) is 0 Å². The predicted molar refractivity (Wildman–Crippen MR) is 85.3 cm³/mol. The molecule has 1 atom stereocenters. The summed E-state index contributed by atoms with van der Waals surface area (Å²) in [4.78, 5) is 11.7. The second-order valence-corrected chi connectivity index (χ2v) is 7.82. The van der Waals surface area contributed by atoms with Gasteiger partial charge in [0.25, 0.3) is 0 Å². The lowest BCUT2D eigenvalue weighted by Crippen LogP contribution is -2.43. The minimum Gasteiger partial charge on any atom is -0.337 e. The number of amides is 2. The second-order valence-electron chi connectivity index (χ2n) is 5.57. The Labute approximate surface area is 127 Å². The van der Waals surface area contributed by atoms with E-state index in [0.29, 0.717) is 0 Å². The van der Waals surface area contributed by atoms with Gasteiger partial charge in [-0.1, -0.05) is 23.8 Å². The molecular formula is C15H24N2O3S. The number of benzene rings is 1. The van der Waals surface area contributed by atoms with E-state index in [-0.39, 0.29) is 24.4 Å². The van der Waals surface area contributed by atoms with Crippen LogP contribution in [-0.2, 0) is 16.3 Å². The number of carbonyl (C=O) groups is 1. The van der Waals surface area contributed by atoms with Crippen molar-refractivity contribution in [2.45, 2.75) is 33.2 Å². The molecule has 0 aromatic heterocycles. The topological polar surface area (TPSA) is 75.3 Å². The van der Waals surface area contributed by atoms with Gasteiger partial charge in [-0.3, -0.25) is 0 Å². The fourth-order valence-electron chi connectivity index (χ4n) is 2.08. The van der Waals surface area contributed by atoms with Crippen LogP contribution in [0.4, 0.5) is 4.79 Å². The fourth-order valence-corrected chi connectivity index (χ4v) is 2.55. The molecule has 1 unspecified atom stereocenters. The highest BCUT2D eigenvalue weighted by Crippen LogP contribution is 2.12. The van der Waals surface area contributed by atoms with Crippen molar-refractivity contribution in [1.82, 2.24) is 10.6 Å². The summed E-state index contributed by atoms with van der Waals surface area (Å²) in [5.74, 6) is -0.0497. The summed E-state index contributed by atoms with van der Waals surface area (Å²) >= 11 is 0. The van der Waals surface area contributed by atoms with Gasteiger partial charge >= 0.3 is 6.03 Å². The molecule has 2 N–H and O–H groups in total. The zero-order valence-electron chi connectivity index (χ0n) is 13.1. The lowest BCUT2D eigenvalue weighted by atomic mass is 10.00. The van der Waals surface area contributed by atoms with Crippen molar-refractivity contribution < 1.29 is 13.2 Å². The molecule has 1 aromatic rings. The van der Waals surface area contributed by atoms with Crippen LogP contribution < -0.4 is 10.6 Å². The minimum absolute atomic E-state index is 0.0235. The number of hydrogen-bond acceptors (Lipinski definition) is 3. The highest BCUT2D eigenvalue weighted by Gasteiger charge is 2.10. The maximum atomic E-state index is 11.7. The molecule has 2 amide bonds. The van der Waals surface area contributed by atoms with Crippen molar-refractivity contribution in [3.63, 3.8) is 0 Å². The largest absolute Gasteiger partial charge is 0.337 e. The van der Waals surface area contributed by atoms with Crippen LogP contribution >= 0.6 is 0 Å². The molecule has 0 aliphatic rings. The van der Waals surface area contributed by atoms with Crippen LogP contribution in [0.1, 0.15) is 23.6 Å². The minimum atomic E-state index is -3.05. The highest BCUT2D eigenvalue weighted by atomic mass is 32.2. The van der Waals surface area contributed by atoms with Crippen LogP contribution in [0, 0.1) is 13.8 Å². The molecule has 0 saturated carbocycles. The Kier molecular flexibility index (Phi) is 6.20. The van der Waals surface area contributed by atoms with Gasteiger partial charge in [0.2, 0.25) is 0 Å². The van der Waals surface area contributed by atoms with E-state index in [0.717, 1.165) is 12.7 Å². The highest BCUT2D eigenvalue weighted by molar-refractivity contribution is 7.90. The molecule has 0 bridgehead atoms. The molecule has 0 fully saturated rings. The van der Waals surface area contributed by atoms with Gasteiger partial charge in [-0.05, 0) is 38.3 Å². The zero-order chi connectivity index (χ0) is 16.0. The molecule has 1 rings (SSSR count). The molecule has 21 heavy (non-hydrogen) atoms. The number of sulfone groups is 1. The van der Waals surface area contributed by atoms with Crippen molar-refractivity contribution in [3.05, 3.63) is 34.9 Å². The molecule has 0 radical (unpaired) electrons. The Morgan fingerprint density at radius 1 is 1.29 bits per heavy atom. The van der Waals surface area contributed by atoms with Crippen molar-refractivity contribution >= 4 is 15.9 Å². The van der Waals surface area contributed by atoms with Crippen LogP contribution in [0.15, 0.2) is 18.2 Å². The third-order valence-electron chi connectivity index (χ3n) is 3.16. The lowest BCUT2D eigenvalue weighted by Gasteiger charge is -2.16. The lowest BCUT2D eigenvalue weighted by molar-refractivity contribution is 0.238. The van der Waals surface area contributed by atoms with Crippen LogP contribution in [0.3, 0.4) is 0 Å². The third-order valence-corrected chi connectivity index (χ3v) is 4.11. The van der Waals surface area contributed by atoms with E-state index < -0.39 is 9.84 Å². The molecule has 1 aromatic carbocycles. The summed E-state index contributed by atoms with van der Waals surface area (Å²) in [5, 5.41) is 5.36. The maximum Gasteiger partial charge on any atom is 0.315 e. The van der Waals surface area contributed by atoms with E-state index in [1.165, 1.54) is 16.7 Å². The summed E-state index contributed by atoms with van der Waals surface area (Å²) in [6, 6.07) is 5.89. The second kappa shape index (κ2) is 7.45. The first-order chi connectivity index (χ1) is 9.67. The van der Waals surface area contributed by atoms with Crippen molar-refractivity contribution in [2.24, 2.45) is 0 Å². The quantitative estimate of drug-likeness (QED) is 0.837. The third kappa shape index (κ3) is 7.13. The smallest absolute Gasteiger partial charge is 0.315 e. The Morgan fingerprint density at radius 2 is 1.95 bits per heavy atom. The first-order valence-electron chi connectivity index (χ1n) is 6.95. The van der Waals surface area contributed by atoms with E-state index in [1.807, 2.05) is 13.8 Å². The van der Waals surface area contributed by atoms with Gasteiger partial charge in [0.15, 0.2) is 0 Å². The molecule has 6 heteroatoms. The van der Waals surface area contributed by atoms with Crippen LogP contribution in [0.5, 0.6) is 0 Å². The summed E-state index contributed by atoms with van der Waals surface area (Å²) in [7, 11) is -3.05. The van der Waals surface area contributed by atoms with E-state index in [1.54, 1.807) is 0 Å². The molecule has 118 valence electrons. The average Bonchev–Trinajstić information content (AvgIpc) is 2.31. The number of hydrogen-bond donors (Lipinski definition) is 2. The molecular weight excluding hydrogens is 288 g/mol. The number of carbonyl (C=O) groups excluding carboxylic acids is 1. The summed E-state index contributed by atoms with van der Waals surface area (Å²) < 4.78 is 21.9. The molecule has 5 nitrogen and oxygen atoms in total. The van der Waals surface area contributed by atoms with Gasteiger partial charge in [0.05, 0.1) is 5.75 Å². The van der Waals surface area contributed by atoms with Crippen molar-refractivity contribution in [2.75, 3.05) is 18.6 Å². The Morgan fingerprint density at radius 3 is 2.52 bits per heavy atom. The standard InChI is InChI=1S/C15H24N2O3S/c1-11-5-6-14(12(2)9-11)10-13(3)17-15(18)16-7-8-21(4,19)20/h5-6,9,13H,7-8,10H2,1-4H3,(H2,16,17,18). The Hall–Kier alpha value is -1.56. The molecule has 0 aliphatic heterocycles. The first kappa shape index (κ1) is 17.5. The van der Waals surface area contributed by atoms with Crippen LogP contribution in [0.2, 0.25) is 0 Å². The first-order valence-corrected chi connectivity index (χ1v) is 9.01. The monoisotopic (exact) mass is 312 g/mol. The van der Waals surface area contributed by atoms with Gasteiger partial charge in [-0.2, -0.15) is 0 Å². The van der Waals surface area contributed by atoms with E-state index in [9.17, 15) is 13.2 Å². The van der Waals surface area contributed by atoms with E-state index in [4.69, 9.17) is 0 Å². The number of nitrogens with one attached hydrogen (secondary N) is 2. The van der Waals surface area contributed by atoms with Gasteiger partial charge < -0.3 is 10.6 Å². The van der Waals surface area contributed by atoms with E-state index >= 15 is 0 Å². The molecule has 0 spiro atoms. The van der Waals surface area contributed by atoms with Crippen molar-refractivity contribution in [3.8, 4) is 0 Å². The normalized spacial score (nSPS) is 12.8. The fraction of sp³-hybridized carbons (Fsp3) is 0.533. The molecule has 0 saturated heterocycles.